The van der Waals surface area contributed by atoms with Gasteiger partial charge in [-0.15, -0.1) is 0 Å². The Hall–Kier alpha value is -3.25. The van der Waals surface area contributed by atoms with Gasteiger partial charge in [-0.25, -0.2) is 17.7 Å². The van der Waals surface area contributed by atoms with E-state index in [-0.39, 0.29) is 53.7 Å². The Bertz CT molecular complexity index is 1550. The van der Waals surface area contributed by atoms with Crippen molar-refractivity contribution in [3.05, 3.63) is 53.6 Å². The summed E-state index contributed by atoms with van der Waals surface area (Å²) in [5.41, 5.74) is 7.88. The second kappa shape index (κ2) is 11.8. The second-order valence-electron chi connectivity index (χ2n) is 14.4. The number of benzene rings is 1. The van der Waals surface area contributed by atoms with E-state index in [1.54, 1.807) is 4.31 Å². The summed E-state index contributed by atoms with van der Waals surface area (Å²) in [4.78, 5) is 44.9. The van der Waals surface area contributed by atoms with Crippen molar-refractivity contribution >= 4 is 27.7 Å². The van der Waals surface area contributed by atoms with Gasteiger partial charge in [0.25, 0.3) is 0 Å². The minimum absolute atomic E-state index is 0.00374. The Labute approximate surface area is 265 Å². The fourth-order valence-corrected chi connectivity index (χ4v) is 11.4. The lowest BCUT2D eigenvalue weighted by Crippen LogP contribution is -2.58. The van der Waals surface area contributed by atoms with Gasteiger partial charge in [-0.1, -0.05) is 38.1 Å². The van der Waals surface area contributed by atoms with Gasteiger partial charge in [-0.05, 0) is 79.2 Å². The number of fused-ring (bicyclic) bond motifs is 4. The number of nitrogens with one attached hydrogen (secondary N) is 3. The molecular weight excluding hydrogens is 592 g/mol. The summed E-state index contributed by atoms with van der Waals surface area (Å²) < 4.78 is 30.1. The van der Waals surface area contributed by atoms with Crippen molar-refractivity contribution in [2.45, 2.75) is 95.6 Å². The van der Waals surface area contributed by atoms with Gasteiger partial charge in [0.05, 0.1) is 18.5 Å². The highest BCUT2D eigenvalue weighted by Gasteiger charge is 2.66. The van der Waals surface area contributed by atoms with Gasteiger partial charge in [0.2, 0.25) is 27.7 Å². The van der Waals surface area contributed by atoms with E-state index in [4.69, 9.17) is 5.73 Å². The highest BCUT2D eigenvalue weighted by Crippen LogP contribution is 2.66. The zero-order valence-electron chi connectivity index (χ0n) is 26.3. The first-order valence-corrected chi connectivity index (χ1v) is 17.9. The van der Waals surface area contributed by atoms with Crippen molar-refractivity contribution in [3.63, 3.8) is 0 Å². The molecule has 2 bridgehead atoms. The van der Waals surface area contributed by atoms with E-state index >= 15 is 0 Å². The molecule has 4 atom stereocenters. The molecule has 5 N–H and O–H groups in total. The van der Waals surface area contributed by atoms with Crippen LogP contribution in [-0.2, 0) is 42.7 Å². The van der Waals surface area contributed by atoms with Crippen molar-refractivity contribution in [2.75, 3.05) is 18.8 Å². The average molecular weight is 639 g/mol. The Balaban J connectivity index is 1.16. The molecule has 2 heterocycles. The normalized spacial score (nSPS) is 27.2. The lowest BCUT2D eigenvalue weighted by molar-refractivity contribution is -0.130. The quantitative estimate of drug-likeness (QED) is 0.295. The zero-order chi connectivity index (χ0) is 32.0. The summed E-state index contributed by atoms with van der Waals surface area (Å²) in [6.07, 6.45) is 9.07. The van der Waals surface area contributed by atoms with E-state index in [1.807, 2.05) is 0 Å². The Morgan fingerprint density at radius 3 is 2.58 bits per heavy atom. The van der Waals surface area contributed by atoms with Crippen molar-refractivity contribution in [1.29, 1.82) is 0 Å². The number of piperidine rings is 1. The van der Waals surface area contributed by atoms with Crippen LogP contribution in [-0.4, -0.2) is 71.3 Å². The number of nitrogens with two attached hydrogens (primary N) is 1. The van der Waals surface area contributed by atoms with E-state index in [1.165, 1.54) is 23.7 Å². The smallest absolute Gasteiger partial charge is 0.242 e. The largest absolute Gasteiger partial charge is 0.370 e. The molecular formula is C33H46N6O5S. The molecule has 1 aromatic carbocycles. The molecule has 244 valence electrons. The SMILES string of the molecule is CC1(C)[C@@H]2CC[C@@]1(CS(=O)(=O)N1CCC3(CCc4ccccc43)CC1)[C@@H](NC(=O)[C@H](CCC(N)=O)NC(=O)Cc1cnc[nH]1)C2. The topological polar surface area (TPSA) is 167 Å². The lowest BCUT2D eigenvalue weighted by Gasteiger charge is -2.45. The van der Waals surface area contributed by atoms with Crippen LogP contribution in [0, 0.1) is 16.7 Å². The molecule has 2 aromatic rings. The number of primary amides is 1. The summed E-state index contributed by atoms with van der Waals surface area (Å²) in [5.74, 6) is -1.11. The molecule has 0 unspecified atom stereocenters. The van der Waals surface area contributed by atoms with Gasteiger partial charge in [0.1, 0.15) is 6.04 Å². The van der Waals surface area contributed by atoms with Crippen LogP contribution in [0.3, 0.4) is 0 Å². The van der Waals surface area contributed by atoms with E-state index in [2.05, 4.69) is 58.7 Å². The molecule has 12 heteroatoms. The van der Waals surface area contributed by atoms with Crippen molar-refractivity contribution < 1.29 is 22.8 Å². The number of carbonyl (C=O) groups excluding carboxylic acids is 3. The van der Waals surface area contributed by atoms with Crippen molar-refractivity contribution in [3.8, 4) is 0 Å². The molecule has 3 aliphatic carbocycles. The monoisotopic (exact) mass is 638 g/mol. The van der Waals surface area contributed by atoms with Gasteiger partial charge in [0.15, 0.2) is 0 Å². The molecule has 11 nitrogen and oxygen atoms in total. The third-order valence-electron chi connectivity index (χ3n) is 12.0. The molecule has 6 rings (SSSR count). The number of aryl methyl sites for hydroxylation is 1. The van der Waals surface area contributed by atoms with E-state index in [9.17, 15) is 22.8 Å². The summed E-state index contributed by atoms with van der Waals surface area (Å²) >= 11 is 0. The number of sulfonamides is 1. The number of carbonyl (C=O) groups is 3. The fraction of sp³-hybridized carbons (Fsp3) is 0.636. The predicted molar refractivity (Wildman–Crippen MR) is 169 cm³/mol. The number of hydrogen-bond donors (Lipinski definition) is 4. The number of rotatable bonds is 11. The van der Waals surface area contributed by atoms with Crippen LogP contribution in [0.2, 0.25) is 0 Å². The fourth-order valence-electron chi connectivity index (χ4n) is 9.14. The molecule has 1 spiro atoms. The van der Waals surface area contributed by atoms with E-state index in [0.29, 0.717) is 31.6 Å². The molecule has 1 aliphatic heterocycles. The maximum absolute atomic E-state index is 14.2. The van der Waals surface area contributed by atoms with Crippen molar-refractivity contribution in [2.24, 2.45) is 22.5 Å². The minimum Gasteiger partial charge on any atom is -0.370 e. The number of H-pyrrole nitrogens is 1. The zero-order valence-corrected chi connectivity index (χ0v) is 27.1. The Kier molecular flexibility index (Phi) is 8.34. The molecule has 45 heavy (non-hydrogen) atoms. The molecule has 2 saturated carbocycles. The van der Waals surface area contributed by atoms with Crippen LogP contribution >= 0.6 is 0 Å². The van der Waals surface area contributed by atoms with Crippen LogP contribution in [0.4, 0.5) is 0 Å². The van der Waals surface area contributed by atoms with E-state index in [0.717, 1.165) is 32.1 Å². The Morgan fingerprint density at radius 2 is 1.89 bits per heavy atom. The van der Waals surface area contributed by atoms with Gasteiger partial charge in [-0.3, -0.25) is 14.4 Å². The summed E-state index contributed by atoms with van der Waals surface area (Å²) in [6, 6.07) is 7.24. The molecule has 3 amide bonds. The third-order valence-corrected chi connectivity index (χ3v) is 14.0. The van der Waals surface area contributed by atoms with Gasteiger partial charge >= 0.3 is 0 Å². The van der Waals surface area contributed by atoms with Crippen LogP contribution in [0.25, 0.3) is 0 Å². The van der Waals surface area contributed by atoms with Crippen molar-refractivity contribution in [1.82, 2.24) is 24.9 Å². The number of amides is 3. The maximum Gasteiger partial charge on any atom is 0.242 e. The van der Waals surface area contributed by atoms with E-state index < -0.39 is 33.3 Å². The van der Waals surface area contributed by atoms with Gasteiger partial charge in [0, 0.05) is 42.9 Å². The number of hydrogen-bond acceptors (Lipinski definition) is 6. The summed E-state index contributed by atoms with van der Waals surface area (Å²) in [7, 11) is -3.62. The van der Waals surface area contributed by atoms with Gasteiger partial charge in [-0.2, -0.15) is 0 Å². The highest BCUT2D eigenvalue weighted by molar-refractivity contribution is 7.89. The molecule has 3 fully saturated rings. The predicted octanol–water partition coefficient (Wildman–Crippen LogP) is 2.32. The number of imidazole rings is 1. The summed E-state index contributed by atoms with van der Waals surface area (Å²) in [5, 5.41) is 5.92. The molecule has 4 aliphatic rings. The van der Waals surface area contributed by atoms with Crippen LogP contribution in [0.15, 0.2) is 36.8 Å². The highest BCUT2D eigenvalue weighted by atomic mass is 32.2. The van der Waals surface area contributed by atoms with Crippen LogP contribution in [0.1, 0.15) is 82.0 Å². The minimum atomic E-state index is -3.62. The molecule has 1 saturated heterocycles. The number of aromatic amines is 1. The average Bonchev–Trinajstić information content (AvgIpc) is 3.73. The summed E-state index contributed by atoms with van der Waals surface area (Å²) in [6.45, 7) is 5.30. The first kappa shape index (κ1) is 31.7. The maximum atomic E-state index is 14.2. The Morgan fingerprint density at radius 1 is 1.13 bits per heavy atom. The first-order valence-electron chi connectivity index (χ1n) is 16.3. The lowest BCUT2D eigenvalue weighted by atomic mass is 9.69. The van der Waals surface area contributed by atoms with Crippen LogP contribution in [0.5, 0.6) is 0 Å². The standard InChI is InChI=1S/C33H46N6O5S/c1-31(2)23-10-12-33(31,20-45(43,44)39-15-13-32(14-16-39)11-9-22-5-3-4-6-25(22)32)27(17-23)38-30(42)26(7-8-28(34)40)37-29(41)18-24-19-35-21-36-24/h3-6,19,21,23,26-27H,7-18,20H2,1-2H3,(H2,34,40)(H,35,36)(H,37,41)(H,38,42)/t23-,26+,27+,33-/m1/s1. The number of nitrogens with zero attached hydrogens (tertiary/aromatic N) is 2. The first-order chi connectivity index (χ1) is 21.4. The van der Waals surface area contributed by atoms with Gasteiger partial charge < -0.3 is 21.4 Å². The number of aromatic nitrogens is 2. The second-order valence-corrected chi connectivity index (χ2v) is 16.4. The molecule has 0 radical (unpaired) electrons. The third kappa shape index (κ3) is 5.80. The molecule has 1 aromatic heterocycles. The van der Waals surface area contributed by atoms with Crippen LogP contribution < -0.4 is 16.4 Å².